The van der Waals surface area contributed by atoms with Crippen LogP contribution >= 0.6 is 24.8 Å². The number of hydrogen-bond donors (Lipinski definition) is 1. The van der Waals surface area contributed by atoms with E-state index in [0.717, 1.165) is 39.0 Å². The van der Waals surface area contributed by atoms with Crippen molar-refractivity contribution in [3.05, 3.63) is 35.9 Å². The quantitative estimate of drug-likeness (QED) is 0.876. The summed E-state index contributed by atoms with van der Waals surface area (Å²) in [7, 11) is 2.17. The minimum absolute atomic E-state index is 0. The summed E-state index contributed by atoms with van der Waals surface area (Å²) in [6, 6.07) is 10.2. The van der Waals surface area contributed by atoms with Crippen LogP contribution in [0.25, 0.3) is 0 Å². The molecular formula is C17H29Cl2N3O. The molecule has 1 aromatic carbocycles. The van der Waals surface area contributed by atoms with Gasteiger partial charge in [0, 0.05) is 26.2 Å². The Kier molecular flexibility index (Phi) is 10.5. The molecule has 0 aliphatic carbocycles. The van der Waals surface area contributed by atoms with Crippen LogP contribution in [0.1, 0.15) is 25.3 Å². The smallest absolute Gasteiger partial charge is 0.239 e. The van der Waals surface area contributed by atoms with Crippen molar-refractivity contribution < 1.29 is 4.79 Å². The van der Waals surface area contributed by atoms with Crippen LogP contribution in [0, 0.1) is 5.92 Å². The van der Waals surface area contributed by atoms with Gasteiger partial charge in [0.15, 0.2) is 0 Å². The molecule has 1 heterocycles. The third-order valence-electron chi connectivity index (χ3n) is 4.18. The van der Waals surface area contributed by atoms with E-state index in [1.807, 2.05) is 4.90 Å². The van der Waals surface area contributed by atoms with Gasteiger partial charge in [-0.05, 0) is 38.3 Å². The lowest BCUT2D eigenvalue weighted by Gasteiger charge is -2.34. The first-order valence-corrected chi connectivity index (χ1v) is 7.83. The molecule has 0 bridgehead atoms. The molecule has 1 fully saturated rings. The van der Waals surface area contributed by atoms with Crippen LogP contribution < -0.4 is 5.73 Å². The molecule has 0 spiro atoms. The maximum Gasteiger partial charge on any atom is 0.239 e. The van der Waals surface area contributed by atoms with Crippen LogP contribution in [-0.4, -0.2) is 48.4 Å². The fourth-order valence-corrected chi connectivity index (χ4v) is 3.02. The Morgan fingerprint density at radius 2 is 1.83 bits per heavy atom. The second kappa shape index (κ2) is 10.9. The lowest BCUT2D eigenvalue weighted by Crippen LogP contribution is -2.46. The number of rotatable bonds is 5. The van der Waals surface area contributed by atoms with Gasteiger partial charge >= 0.3 is 0 Å². The van der Waals surface area contributed by atoms with Gasteiger partial charge in [-0.2, -0.15) is 0 Å². The van der Waals surface area contributed by atoms with E-state index in [9.17, 15) is 4.79 Å². The number of carbonyl (C=O) groups excluding carboxylic acids is 1. The molecule has 2 N–H and O–H groups in total. The van der Waals surface area contributed by atoms with Crippen molar-refractivity contribution in [2.75, 3.05) is 26.7 Å². The van der Waals surface area contributed by atoms with Gasteiger partial charge in [0.1, 0.15) is 0 Å². The average Bonchev–Trinajstić information content (AvgIpc) is 2.48. The molecule has 1 aliphatic rings. The molecule has 23 heavy (non-hydrogen) atoms. The van der Waals surface area contributed by atoms with Crippen molar-refractivity contribution in [3.63, 3.8) is 0 Å². The summed E-state index contributed by atoms with van der Waals surface area (Å²) in [4.78, 5) is 16.2. The molecule has 1 amide bonds. The number of halogens is 2. The number of nitrogens with two attached hydrogens (primary N) is 1. The molecule has 132 valence electrons. The highest BCUT2D eigenvalue weighted by molar-refractivity contribution is 5.85. The van der Waals surface area contributed by atoms with Gasteiger partial charge in [0.2, 0.25) is 5.91 Å². The fraction of sp³-hybridized carbons (Fsp3) is 0.588. The number of amides is 1. The van der Waals surface area contributed by atoms with Crippen LogP contribution in [0.5, 0.6) is 0 Å². The van der Waals surface area contributed by atoms with E-state index in [1.54, 1.807) is 6.92 Å². The van der Waals surface area contributed by atoms with E-state index in [4.69, 9.17) is 5.73 Å². The van der Waals surface area contributed by atoms with Gasteiger partial charge < -0.3 is 15.5 Å². The predicted octanol–water partition coefficient (Wildman–Crippen LogP) is 2.55. The molecule has 4 nitrogen and oxygen atoms in total. The van der Waals surface area contributed by atoms with E-state index < -0.39 is 0 Å². The Balaban J connectivity index is 0.00000242. The van der Waals surface area contributed by atoms with E-state index >= 15 is 0 Å². The van der Waals surface area contributed by atoms with Crippen molar-refractivity contribution in [3.8, 4) is 0 Å². The van der Waals surface area contributed by atoms with Crippen molar-refractivity contribution in [2.45, 2.75) is 32.4 Å². The maximum absolute atomic E-state index is 11.9. The highest BCUT2D eigenvalue weighted by Crippen LogP contribution is 2.19. The van der Waals surface area contributed by atoms with Crippen LogP contribution in [-0.2, 0) is 11.3 Å². The molecule has 0 saturated carbocycles. The highest BCUT2D eigenvalue weighted by Gasteiger charge is 2.24. The second-order valence-corrected chi connectivity index (χ2v) is 6.24. The molecular weight excluding hydrogens is 333 g/mol. The number of carbonyl (C=O) groups is 1. The van der Waals surface area contributed by atoms with Gasteiger partial charge in [-0.15, -0.1) is 24.8 Å². The SMILES string of the molecule is CC(N)C(=O)N1CCC(CN(C)Cc2ccccc2)CC1.Cl.Cl. The molecule has 2 rings (SSSR count). The van der Waals surface area contributed by atoms with Crippen LogP contribution in [0.3, 0.4) is 0 Å². The van der Waals surface area contributed by atoms with Crippen molar-refractivity contribution in [2.24, 2.45) is 11.7 Å². The molecule has 6 heteroatoms. The van der Waals surface area contributed by atoms with Crippen LogP contribution in [0.4, 0.5) is 0 Å². The topological polar surface area (TPSA) is 49.6 Å². The van der Waals surface area contributed by atoms with E-state index in [2.05, 4.69) is 42.3 Å². The minimum Gasteiger partial charge on any atom is -0.341 e. The van der Waals surface area contributed by atoms with Crippen molar-refractivity contribution in [1.29, 1.82) is 0 Å². The van der Waals surface area contributed by atoms with E-state index in [0.29, 0.717) is 5.92 Å². The van der Waals surface area contributed by atoms with Gasteiger partial charge in [-0.1, -0.05) is 30.3 Å². The molecule has 0 aromatic heterocycles. The number of benzene rings is 1. The number of hydrogen-bond acceptors (Lipinski definition) is 3. The Morgan fingerprint density at radius 1 is 1.26 bits per heavy atom. The zero-order chi connectivity index (χ0) is 15.2. The standard InChI is InChI=1S/C17H27N3O.2ClH/c1-14(18)17(21)20-10-8-16(9-11-20)13-19(2)12-15-6-4-3-5-7-15;;/h3-7,14,16H,8-13,18H2,1-2H3;2*1H. The third kappa shape index (κ3) is 7.08. The zero-order valence-corrected chi connectivity index (χ0v) is 15.6. The normalized spacial score (nSPS) is 16.4. The zero-order valence-electron chi connectivity index (χ0n) is 14.0. The lowest BCUT2D eigenvalue weighted by atomic mass is 9.95. The molecule has 1 atom stereocenters. The summed E-state index contributed by atoms with van der Waals surface area (Å²) in [5, 5.41) is 0. The Bertz CT molecular complexity index is 448. The Hall–Kier alpha value is -0.810. The summed E-state index contributed by atoms with van der Waals surface area (Å²) in [6.45, 7) is 5.55. The summed E-state index contributed by atoms with van der Waals surface area (Å²) in [6.07, 6.45) is 2.16. The fourth-order valence-electron chi connectivity index (χ4n) is 3.02. The first kappa shape index (κ1) is 22.2. The summed E-state index contributed by atoms with van der Waals surface area (Å²) in [5.74, 6) is 0.766. The first-order chi connectivity index (χ1) is 10.1. The van der Waals surface area contributed by atoms with Gasteiger partial charge in [-0.3, -0.25) is 4.79 Å². The molecule has 1 aromatic rings. The lowest BCUT2D eigenvalue weighted by molar-refractivity contribution is -0.133. The van der Waals surface area contributed by atoms with Crippen LogP contribution in [0.2, 0.25) is 0 Å². The molecule has 0 radical (unpaired) electrons. The monoisotopic (exact) mass is 361 g/mol. The Morgan fingerprint density at radius 3 is 2.35 bits per heavy atom. The van der Waals surface area contributed by atoms with Crippen molar-refractivity contribution >= 4 is 30.7 Å². The third-order valence-corrected chi connectivity index (χ3v) is 4.18. The molecule has 1 aliphatic heterocycles. The minimum atomic E-state index is -0.373. The number of piperidine rings is 1. The van der Waals surface area contributed by atoms with Gasteiger partial charge in [0.25, 0.3) is 0 Å². The molecule has 1 unspecified atom stereocenters. The maximum atomic E-state index is 11.9. The number of likely N-dealkylation sites (tertiary alicyclic amines) is 1. The first-order valence-electron chi connectivity index (χ1n) is 7.83. The molecule has 1 saturated heterocycles. The van der Waals surface area contributed by atoms with E-state index in [1.165, 1.54) is 5.56 Å². The van der Waals surface area contributed by atoms with E-state index in [-0.39, 0.29) is 36.8 Å². The summed E-state index contributed by atoms with van der Waals surface area (Å²) >= 11 is 0. The predicted molar refractivity (Wildman–Crippen MR) is 100 cm³/mol. The van der Waals surface area contributed by atoms with Crippen LogP contribution in [0.15, 0.2) is 30.3 Å². The van der Waals surface area contributed by atoms with Gasteiger partial charge in [0.05, 0.1) is 6.04 Å². The largest absolute Gasteiger partial charge is 0.341 e. The highest BCUT2D eigenvalue weighted by atomic mass is 35.5. The van der Waals surface area contributed by atoms with Crippen molar-refractivity contribution in [1.82, 2.24) is 9.80 Å². The summed E-state index contributed by atoms with van der Waals surface area (Å²) < 4.78 is 0. The average molecular weight is 362 g/mol. The Labute approximate surface area is 152 Å². The summed E-state index contributed by atoms with van der Waals surface area (Å²) in [5.41, 5.74) is 7.02. The number of nitrogens with zero attached hydrogens (tertiary/aromatic N) is 2. The second-order valence-electron chi connectivity index (χ2n) is 6.24. The van der Waals surface area contributed by atoms with Gasteiger partial charge in [-0.25, -0.2) is 0 Å².